The number of amides is 1. The summed E-state index contributed by atoms with van der Waals surface area (Å²) in [5.41, 5.74) is 13.4. The number of carbonyl (C=O) groups excluding carboxylic acids is 1. The van der Waals surface area contributed by atoms with E-state index in [1.807, 2.05) is 0 Å². The van der Waals surface area contributed by atoms with Crippen LogP contribution in [0.2, 0.25) is 0 Å². The first-order chi connectivity index (χ1) is 19.5. The number of aromatic nitrogens is 1. The number of hydrogen-bond donors (Lipinski definition) is 5. The van der Waals surface area contributed by atoms with Crippen LogP contribution >= 0.6 is 0 Å². The zero-order valence-electron chi connectivity index (χ0n) is 21.5. The average molecular weight is 568 g/mol. The Morgan fingerprint density at radius 3 is 2.32 bits per heavy atom. The lowest BCUT2D eigenvalue weighted by Crippen LogP contribution is -2.51. The van der Waals surface area contributed by atoms with E-state index in [4.69, 9.17) is 16.9 Å². The molecule has 0 aliphatic rings. The number of nitrogens with two attached hydrogens (primary N) is 2. The van der Waals surface area contributed by atoms with Crippen LogP contribution in [0.4, 0.5) is 0 Å². The molecule has 206 valence electrons. The Balaban J connectivity index is 1.51. The lowest BCUT2D eigenvalue weighted by Gasteiger charge is -2.26. The highest BCUT2D eigenvalue weighted by Gasteiger charge is 2.51. The van der Waals surface area contributed by atoms with Crippen LogP contribution in [0, 0.1) is 5.41 Å². The average Bonchev–Trinajstić information content (AvgIpc) is 2.98. The summed E-state index contributed by atoms with van der Waals surface area (Å²) in [7, 11) is -4.71. The number of para-hydroxylation sites is 1. The van der Waals surface area contributed by atoms with Gasteiger partial charge in [-0.15, -0.1) is 0 Å². The lowest BCUT2D eigenvalue weighted by atomic mass is 9.98. The van der Waals surface area contributed by atoms with Crippen LogP contribution in [0.5, 0.6) is 0 Å². The molecule has 0 spiro atoms. The fourth-order valence-electron chi connectivity index (χ4n) is 4.65. The van der Waals surface area contributed by atoms with Gasteiger partial charge < -0.3 is 16.2 Å². The van der Waals surface area contributed by atoms with E-state index in [0.29, 0.717) is 27.3 Å². The van der Waals surface area contributed by atoms with Gasteiger partial charge in [-0.1, -0.05) is 66.7 Å². The van der Waals surface area contributed by atoms with Crippen molar-refractivity contribution in [3.8, 4) is 0 Å². The van der Waals surface area contributed by atoms with Gasteiger partial charge in [0.2, 0.25) is 14.7 Å². The van der Waals surface area contributed by atoms with Crippen LogP contribution in [0.1, 0.15) is 27.0 Å². The summed E-state index contributed by atoms with van der Waals surface area (Å²) in [6.45, 7) is 0.216. The molecule has 5 rings (SSSR count). The Morgan fingerprint density at radius 2 is 1.61 bits per heavy atom. The van der Waals surface area contributed by atoms with Gasteiger partial charge in [-0.05, 0) is 46.2 Å². The molecule has 1 atom stereocenters. The van der Waals surface area contributed by atoms with Gasteiger partial charge in [0.1, 0.15) is 5.84 Å². The fraction of sp³-hybridized carbons (Fsp3) is 0.0667. The van der Waals surface area contributed by atoms with E-state index >= 15 is 0 Å². The number of benzene rings is 4. The highest BCUT2D eigenvalue weighted by molar-refractivity contribution is 7.93. The minimum atomic E-state index is -4.71. The molecule has 0 aliphatic carbocycles. The molecule has 10 nitrogen and oxygen atoms in total. The molecule has 7 N–H and O–H groups in total. The van der Waals surface area contributed by atoms with Gasteiger partial charge in [-0.25, -0.2) is 13.2 Å². The number of fused-ring (bicyclic) bond motifs is 2. The molecule has 0 saturated heterocycles. The summed E-state index contributed by atoms with van der Waals surface area (Å²) >= 11 is 0. The number of nitrogens with one attached hydrogen (secondary N) is 2. The molecule has 0 radical (unpaired) electrons. The molecule has 5 aromatic rings. The fourth-order valence-corrected chi connectivity index (χ4v) is 6.35. The summed E-state index contributed by atoms with van der Waals surface area (Å²) < 4.78 is 27.7. The number of pyridine rings is 1. The van der Waals surface area contributed by atoms with Crippen molar-refractivity contribution in [2.24, 2.45) is 11.5 Å². The number of carboxylic acid groups (broad SMARTS) is 1. The van der Waals surface area contributed by atoms with Crippen molar-refractivity contribution in [3.05, 3.63) is 119 Å². The third-order valence-electron chi connectivity index (χ3n) is 6.90. The van der Waals surface area contributed by atoms with Crippen molar-refractivity contribution in [1.29, 1.82) is 5.41 Å². The molecular weight excluding hydrogens is 542 g/mol. The summed E-state index contributed by atoms with van der Waals surface area (Å²) in [4.78, 5) is 26.7. The molecule has 0 aliphatic heterocycles. The van der Waals surface area contributed by atoms with Crippen molar-refractivity contribution in [3.63, 3.8) is 0 Å². The van der Waals surface area contributed by atoms with Gasteiger partial charge in [0.25, 0.3) is 5.91 Å². The number of sulfone groups is 1. The number of nitrogens with zero attached hydrogens (tertiary/aromatic N) is 1. The smallest absolute Gasteiger partial charge is 0.344 e. The van der Waals surface area contributed by atoms with E-state index in [1.54, 1.807) is 60.7 Å². The molecule has 0 fully saturated rings. The third kappa shape index (κ3) is 4.77. The topological polar surface area (TPSA) is 189 Å². The van der Waals surface area contributed by atoms with Crippen LogP contribution in [0.3, 0.4) is 0 Å². The summed E-state index contributed by atoms with van der Waals surface area (Å²) in [5, 5.41) is 21.9. The number of amidine groups is 1. The molecule has 0 saturated carbocycles. The number of nitrogen functional groups attached to an aromatic ring is 1. The summed E-state index contributed by atoms with van der Waals surface area (Å²) in [6.07, 6.45) is 1.42. The Kier molecular flexibility index (Phi) is 6.99. The van der Waals surface area contributed by atoms with Crippen molar-refractivity contribution < 1.29 is 23.1 Å². The van der Waals surface area contributed by atoms with Crippen LogP contribution in [0.25, 0.3) is 21.7 Å². The molecular formula is C30H25N5O5S. The quantitative estimate of drug-likeness (QED) is 0.139. The first-order valence-electron chi connectivity index (χ1n) is 12.4. The molecule has 1 aromatic heterocycles. The van der Waals surface area contributed by atoms with E-state index in [9.17, 15) is 23.1 Å². The van der Waals surface area contributed by atoms with Crippen LogP contribution < -0.4 is 16.8 Å². The molecule has 41 heavy (non-hydrogen) atoms. The van der Waals surface area contributed by atoms with Gasteiger partial charge in [0.15, 0.2) is 0 Å². The van der Waals surface area contributed by atoms with Crippen LogP contribution in [0.15, 0.2) is 102 Å². The van der Waals surface area contributed by atoms with E-state index in [2.05, 4.69) is 10.3 Å². The number of aliphatic carboxylic acids is 1. The molecule has 1 heterocycles. The second-order valence-electron chi connectivity index (χ2n) is 9.41. The first-order valence-corrected chi connectivity index (χ1v) is 13.9. The van der Waals surface area contributed by atoms with Crippen molar-refractivity contribution in [1.82, 2.24) is 10.3 Å². The number of rotatable bonds is 8. The van der Waals surface area contributed by atoms with Gasteiger partial charge >= 0.3 is 5.97 Å². The highest BCUT2D eigenvalue weighted by atomic mass is 32.2. The third-order valence-corrected chi connectivity index (χ3v) is 9.07. The van der Waals surface area contributed by atoms with E-state index in [1.165, 1.54) is 36.5 Å². The highest BCUT2D eigenvalue weighted by Crippen LogP contribution is 2.36. The van der Waals surface area contributed by atoms with Crippen molar-refractivity contribution in [2.45, 2.75) is 16.3 Å². The van der Waals surface area contributed by atoms with Crippen LogP contribution in [-0.4, -0.2) is 36.2 Å². The zero-order valence-corrected chi connectivity index (χ0v) is 22.4. The van der Waals surface area contributed by atoms with Gasteiger partial charge in [-0.3, -0.25) is 20.9 Å². The van der Waals surface area contributed by atoms with E-state index in [-0.39, 0.29) is 34.3 Å². The molecule has 1 amide bonds. The summed E-state index contributed by atoms with van der Waals surface area (Å²) in [5.74, 6) is -2.19. The van der Waals surface area contributed by atoms with Crippen LogP contribution in [-0.2, 0) is 26.0 Å². The first kappa shape index (κ1) is 27.4. The standard InChI is InChI=1S/C30H25N5O5S/c31-27(32)20-11-9-18(10-12-20)17-35-28(36)24-7-1-5-21-16-22(13-14-23(21)24)30(33,29(37)38)41(39,40)25-8-2-4-19-6-3-15-34-26(19)25/h1-16H,17,33H2,(H3,31,32)(H,35,36)(H,37,38). The SMILES string of the molecule is N=C(N)c1ccc(CNC(=O)c2cccc3cc(C(N)(C(=O)O)S(=O)(=O)c4cccc5cccnc45)ccc23)cc1. The van der Waals surface area contributed by atoms with Crippen molar-refractivity contribution in [2.75, 3.05) is 0 Å². The van der Waals surface area contributed by atoms with E-state index in [0.717, 1.165) is 5.56 Å². The second kappa shape index (κ2) is 10.5. The van der Waals surface area contributed by atoms with Crippen molar-refractivity contribution >= 4 is 49.2 Å². The number of hydrogen-bond acceptors (Lipinski definition) is 7. The maximum atomic E-state index is 13.9. The molecule has 11 heteroatoms. The predicted octanol–water partition coefficient (Wildman–Crippen LogP) is 3.27. The maximum Gasteiger partial charge on any atom is 0.344 e. The maximum absolute atomic E-state index is 13.9. The Hall–Kier alpha value is -5.13. The molecule has 4 aromatic carbocycles. The number of carbonyl (C=O) groups is 2. The minimum Gasteiger partial charge on any atom is -0.479 e. The Bertz CT molecular complexity index is 1950. The zero-order chi connectivity index (χ0) is 29.4. The molecule has 0 bridgehead atoms. The Morgan fingerprint density at radius 1 is 0.927 bits per heavy atom. The number of carboxylic acids is 1. The summed E-state index contributed by atoms with van der Waals surface area (Å²) in [6, 6.07) is 23.7. The largest absolute Gasteiger partial charge is 0.479 e. The van der Waals surface area contributed by atoms with Gasteiger partial charge in [0.05, 0.1) is 10.4 Å². The lowest BCUT2D eigenvalue weighted by molar-refractivity contribution is -0.140. The van der Waals surface area contributed by atoms with Gasteiger partial charge in [-0.2, -0.15) is 0 Å². The predicted molar refractivity (Wildman–Crippen MR) is 155 cm³/mol. The van der Waals surface area contributed by atoms with Gasteiger partial charge in [0, 0.05) is 29.3 Å². The monoisotopic (exact) mass is 567 g/mol. The van der Waals surface area contributed by atoms with E-state index < -0.39 is 20.7 Å². The Labute approximate surface area is 235 Å². The normalized spacial score (nSPS) is 13.0. The molecule has 1 unspecified atom stereocenters. The minimum absolute atomic E-state index is 0.0540. The second-order valence-corrected chi connectivity index (χ2v) is 11.5.